The number of hydrogen-bond donors (Lipinski definition) is 2. The number of thiocarbonyl (C=S) groups is 1. The number of nitrogens with one attached hydrogen (secondary N) is 1. The molecule has 3 nitrogen and oxygen atoms in total. The molecule has 1 aliphatic carbocycles. The summed E-state index contributed by atoms with van der Waals surface area (Å²) in [6.45, 7) is 0.850. The van der Waals surface area contributed by atoms with Gasteiger partial charge in [0.2, 0.25) is 0 Å². The second kappa shape index (κ2) is 6.71. The Labute approximate surface area is 114 Å². The molecule has 0 amide bonds. The van der Waals surface area contributed by atoms with Crippen molar-refractivity contribution < 1.29 is 0 Å². The van der Waals surface area contributed by atoms with E-state index in [0.717, 1.165) is 6.54 Å². The molecule has 0 aliphatic heterocycles. The maximum absolute atomic E-state index is 5.63. The monoisotopic (exact) mass is 263 g/mol. The van der Waals surface area contributed by atoms with Gasteiger partial charge in [-0.15, -0.1) is 0 Å². The fraction of sp³-hybridized carbons (Fsp3) is 0.500. The number of rotatable bonds is 4. The predicted molar refractivity (Wildman–Crippen MR) is 78.8 cm³/mol. The summed E-state index contributed by atoms with van der Waals surface area (Å²) in [5.74, 6) is 0. The van der Waals surface area contributed by atoms with Gasteiger partial charge in [0.25, 0.3) is 0 Å². The summed E-state index contributed by atoms with van der Waals surface area (Å²) in [5, 5.41) is 2.56. The normalized spacial score (nSPS) is 16.7. The minimum absolute atomic E-state index is 0.358. The molecule has 0 radical (unpaired) electrons. The molecule has 2 rings (SSSR count). The summed E-state index contributed by atoms with van der Waals surface area (Å²) in [4.78, 5) is 0. The Kier molecular flexibility index (Phi) is 4.96. The Morgan fingerprint density at radius 3 is 2.50 bits per heavy atom. The third-order valence-corrected chi connectivity index (χ3v) is 3.56. The number of nitrogens with zero attached hydrogens (tertiary/aromatic N) is 1. The van der Waals surface area contributed by atoms with Crippen LogP contribution in [0.15, 0.2) is 30.3 Å². The van der Waals surface area contributed by atoms with Crippen LogP contribution in [0.5, 0.6) is 0 Å². The van der Waals surface area contributed by atoms with Crippen LogP contribution in [0.25, 0.3) is 0 Å². The third-order valence-electron chi connectivity index (χ3n) is 3.47. The van der Waals surface area contributed by atoms with Gasteiger partial charge in [0.1, 0.15) is 0 Å². The highest BCUT2D eigenvalue weighted by atomic mass is 32.1. The SMILES string of the molecule is NC(=S)NN(Cc1ccccc1)C1CCCCC1. The second-order valence-corrected chi connectivity index (χ2v) is 5.32. The standard InChI is InChI=1S/C14H21N3S/c15-14(18)16-17(13-9-5-2-6-10-13)11-12-7-3-1-4-8-12/h1,3-4,7-8,13H,2,5-6,9-11H2,(H3,15,16,18). The highest BCUT2D eigenvalue weighted by molar-refractivity contribution is 7.80. The van der Waals surface area contributed by atoms with Crippen LogP contribution in [0.1, 0.15) is 37.7 Å². The molecule has 0 saturated heterocycles. The van der Waals surface area contributed by atoms with Gasteiger partial charge in [-0.3, -0.25) is 5.43 Å². The molecular weight excluding hydrogens is 242 g/mol. The van der Waals surface area contributed by atoms with Crippen LogP contribution < -0.4 is 11.2 Å². The molecule has 4 heteroatoms. The Bertz CT molecular complexity index is 374. The quantitative estimate of drug-likeness (QED) is 0.647. The van der Waals surface area contributed by atoms with Gasteiger partial charge in [-0.2, -0.15) is 0 Å². The van der Waals surface area contributed by atoms with Gasteiger partial charge in [0.15, 0.2) is 5.11 Å². The fourth-order valence-electron chi connectivity index (χ4n) is 2.57. The van der Waals surface area contributed by atoms with E-state index >= 15 is 0 Å². The summed E-state index contributed by atoms with van der Waals surface area (Å²) < 4.78 is 0. The molecule has 0 unspecified atom stereocenters. The average molecular weight is 263 g/mol. The van der Waals surface area contributed by atoms with Crippen molar-refractivity contribution in [3.8, 4) is 0 Å². The largest absolute Gasteiger partial charge is 0.375 e. The molecule has 1 saturated carbocycles. The lowest BCUT2D eigenvalue weighted by molar-refractivity contribution is 0.118. The molecule has 1 aromatic rings. The topological polar surface area (TPSA) is 41.3 Å². The first-order valence-corrected chi connectivity index (χ1v) is 7.03. The van der Waals surface area contributed by atoms with Gasteiger partial charge < -0.3 is 5.73 Å². The van der Waals surface area contributed by atoms with Crippen molar-refractivity contribution in [3.05, 3.63) is 35.9 Å². The molecule has 1 fully saturated rings. The zero-order chi connectivity index (χ0) is 12.8. The van der Waals surface area contributed by atoms with E-state index in [4.69, 9.17) is 18.0 Å². The highest BCUT2D eigenvalue weighted by Gasteiger charge is 2.21. The lowest BCUT2D eigenvalue weighted by Gasteiger charge is -2.34. The third kappa shape index (κ3) is 3.96. The van der Waals surface area contributed by atoms with Crippen molar-refractivity contribution in [1.82, 2.24) is 10.4 Å². The van der Waals surface area contributed by atoms with Crippen LogP contribution in [0.2, 0.25) is 0 Å². The fourth-order valence-corrected chi connectivity index (χ4v) is 2.69. The maximum atomic E-state index is 5.63. The molecule has 1 aliphatic rings. The average Bonchev–Trinajstić information content (AvgIpc) is 2.40. The Morgan fingerprint density at radius 2 is 1.89 bits per heavy atom. The van der Waals surface area contributed by atoms with Crippen molar-refractivity contribution in [3.63, 3.8) is 0 Å². The van der Waals surface area contributed by atoms with E-state index in [-0.39, 0.29) is 0 Å². The van der Waals surface area contributed by atoms with Crippen molar-refractivity contribution in [2.45, 2.75) is 44.7 Å². The Balaban J connectivity index is 2.02. The van der Waals surface area contributed by atoms with Crippen molar-refractivity contribution in [1.29, 1.82) is 0 Å². The minimum Gasteiger partial charge on any atom is -0.375 e. The van der Waals surface area contributed by atoms with E-state index in [0.29, 0.717) is 11.2 Å². The Hall–Kier alpha value is -1.13. The van der Waals surface area contributed by atoms with Gasteiger partial charge in [-0.1, -0.05) is 49.6 Å². The van der Waals surface area contributed by atoms with E-state index < -0.39 is 0 Å². The first kappa shape index (κ1) is 13.3. The van der Waals surface area contributed by atoms with Gasteiger partial charge in [0.05, 0.1) is 0 Å². The van der Waals surface area contributed by atoms with E-state index in [1.165, 1.54) is 37.7 Å². The van der Waals surface area contributed by atoms with Crippen LogP contribution in [0.4, 0.5) is 0 Å². The summed E-state index contributed by atoms with van der Waals surface area (Å²) in [5.41, 5.74) is 10.1. The summed E-state index contributed by atoms with van der Waals surface area (Å²) in [6, 6.07) is 11.0. The molecule has 0 bridgehead atoms. The molecule has 1 aromatic carbocycles. The number of nitrogens with two attached hydrogens (primary N) is 1. The van der Waals surface area contributed by atoms with Gasteiger partial charge in [-0.05, 0) is 30.6 Å². The van der Waals surface area contributed by atoms with Crippen molar-refractivity contribution in [2.75, 3.05) is 0 Å². The lowest BCUT2D eigenvalue weighted by atomic mass is 9.95. The summed E-state index contributed by atoms with van der Waals surface area (Å²) in [7, 11) is 0. The zero-order valence-corrected chi connectivity index (χ0v) is 11.5. The molecule has 0 heterocycles. The van der Waals surface area contributed by atoms with Gasteiger partial charge in [-0.25, -0.2) is 5.01 Å². The number of benzene rings is 1. The first-order chi connectivity index (χ1) is 8.75. The minimum atomic E-state index is 0.358. The second-order valence-electron chi connectivity index (χ2n) is 4.88. The molecule has 0 atom stereocenters. The van der Waals surface area contributed by atoms with Crippen LogP contribution in [-0.2, 0) is 6.54 Å². The van der Waals surface area contributed by atoms with Crippen molar-refractivity contribution in [2.24, 2.45) is 5.73 Å². The maximum Gasteiger partial charge on any atom is 0.178 e. The van der Waals surface area contributed by atoms with Crippen LogP contribution >= 0.6 is 12.2 Å². The lowest BCUT2D eigenvalue weighted by Crippen LogP contribution is -2.50. The number of hydrogen-bond acceptors (Lipinski definition) is 2. The zero-order valence-electron chi connectivity index (χ0n) is 10.6. The predicted octanol–water partition coefficient (Wildman–Crippen LogP) is 2.57. The van der Waals surface area contributed by atoms with Gasteiger partial charge in [0, 0.05) is 12.6 Å². The highest BCUT2D eigenvalue weighted by Crippen LogP contribution is 2.22. The van der Waals surface area contributed by atoms with Gasteiger partial charge >= 0.3 is 0 Å². The van der Waals surface area contributed by atoms with E-state index in [9.17, 15) is 0 Å². The van der Waals surface area contributed by atoms with E-state index in [1.54, 1.807) is 0 Å². The van der Waals surface area contributed by atoms with Crippen LogP contribution in [-0.4, -0.2) is 16.2 Å². The molecule has 3 N–H and O–H groups in total. The Morgan fingerprint density at radius 1 is 1.22 bits per heavy atom. The molecule has 0 spiro atoms. The van der Waals surface area contributed by atoms with E-state index in [2.05, 4.69) is 34.7 Å². The number of hydrazine groups is 1. The molecule has 0 aromatic heterocycles. The van der Waals surface area contributed by atoms with E-state index in [1.807, 2.05) is 6.07 Å². The van der Waals surface area contributed by atoms with Crippen LogP contribution in [0, 0.1) is 0 Å². The molecular formula is C14H21N3S. The first-order valence-electron chi connectivity index (χ1n) is 6.62. The summed E-state index contributed by atoms with van der Waals surface area (Å²) in [6.07, 6.45) is 6.40. The van der Waals surface area contributed by atoms with Crippen LogP contribution in [0.3, 0.4) is 0 Å². The molecule has 18 heavy (non-hydrogen) atoms. The molecule has 98 valence electrons. The smallest absolute Gasteiger partial charge is 0.178 e. The summed E-state index contributed by atoms with van der Waals surface area (Å²) >= 11 is 4.98. The van der Waals surface area contributed by atoms with Crippen molar-refractivity contribution >= 4 is 17.3 Å².